The van der Waals surface area contributed by atoms with Crippen molar-refractivity contribution in [2.24, 2.45) is 0 Å². The van der Waals surface area contributed by atoms with Crippen LogP contribution in [0, 0.1) is 0 Å². The highest BCUT2D eigenvalue weighted by Gasteiger charge is 2.32. The fourth-order valence-electron chi connectivity index (χ4n) is 1.79. The van der Waals surface area contributed by atoms with Gasteiger partial charge in [0.1, 0.15) is 10.5 Å². The molecule has 1 aliphatic heterocycles. The molecule has 2 atom stereocenters. The van der Waals surface area contributed by atoms with Crippen molar-refractivity contribution in [3.05, 3.63) is 28.2 Å². The van der Waals surface area contributed by atoms with Crippen LogP contribution < -0.4 is 9.46 Å². The van der Waals surface area contributed by atoms with Crippen molar-refractivity contribution < 1.29 is 9.29 Å². The van der Waals surface area contributed by atoms with Crippen LogP contribution in [0.2, 0.25) is 0 Å². The predicted molar refractivity (Wildman–Crippen MR) is 78.0 cm³/mol. The van der Waals surface area contributed by atoms with E-state index in [-0.39, 0.29) is 10.8 Å². The van der Waals surface area contributed by atoms with Gasteiger partial charge in [-0.3, -0.25) is 0 Å². The maximum absolute atomic E-state index is 12.2. The standard InChI is InChI=1S/C13H18BrNO2S/c1-13(2,3)18(16)15-11-6-7-17-12-5-4-9(14)8-10(11)12/h4-5,8,11,15H,6-7H2,1-3H3/t11-,18?/m1/s1. The molecule has 0 amide bonds. The van der Waals surface area contributed by atoms with Gasteiger partial charge in [0.15, 0.2) is 0 Å². The lowest BCUT2D eigenvalue weighted by Gasteiger charge is -2.31. The molecule has 18 heavy (non-hydrogen) atoms. The lowest BCUT2D eigenvalue weighted by Crippen LogP contribution is -2.42. The molecule has 100 valence electrons. The Kier molecular flexibility index (Phi) is 4.26. The minimum absolute atomic E-state index is 0.0892. The molecule has 0 radical (unpaired) electrons. The molecule has 1 N–H and O–H groups in total. The first-order chi connectivity index (χ1) is 8.38. The van der Waals surface area contributed by atoms with Crippen molar-refractivity contribution in [2.75, 3.05) is 6.61 Å². The molecule has 3 nitrogen and oxygen atoms in total. The highest BCUT2D eigenvalue weighted by molar-refractivity contribution is 9.10. The average Bonchev–Trinajstić information content (AvgIpc) is 2.28. The van der Waals surface area contributed by atoms with E-state index in [1.807, 2.05) is 39.0 Å². The van der Waals surface area contributed by atoms with Crippen molar-refractivity contribution in [3.63, 3.8) is 0 Å². The third-order valence-electron chi connectivity index (χ3n) is 2.82. The van der Waals surface area contributed by atoms with Crippen LogP contribution in [-0.2, 0) is 11.4 Å². The zero-order valence-corrected chi connectivity index (χ0v) is 13.2. The summed E-state index contributed by atoms with van der Waals surface area (Å²) in [6.45, 7) is 6.57. The molecule has 5 heteroatoms. The molecule has 1 aromatic carbocycles. The fourth-order valence-corrected chi connectivity index (χ4v) is 3.03. The Hall–Kier alpha value is -0.230. The SMILES string of the molecule is CC(C)(C)[S+]([O-])N[C@@H]1CCOc2ccc(Br)cc21. The summed E-state index contributed by atoms with van der Waals surface area (Å²) in [4.78, 5) is 0. The third-order valence-corrected chi connectivity index (χ3v) is 4.92. The zero-order valence-electron chi connectivity index (χ0n) is 10.8. The summed E-state index contributed by atoms with van der Waals surface area (Å²) in [5, 5.41) is 0. The largest absolute Gasteiger partial charge is 0.598 e. The van der Waals surface area contributed by atoms with Gasteiger partial charge >= 0.3 is 0 Å². The predicted octanol–water partition coefficient (Wildman–Crippen LogP) is 3.32. The van der Waals surface area contributed by atoms with Crippen LogP contribution in [0.4, 0.5) is 0 Å². The molecule has 0 aromatic heterocycles. The topological polar surface area (TPSA) is 44.3 Å². The fraction of sp³-hybridized carbons (Fsp3) is 0.538. The van der Waals surface area contributed by atoms with Crippen molar-refractivity contribution in [3.8, 4) is 5.75 Å². The number of ether oxygens (including phenoxy) is 1. The summed E-state index contributed by atoms with van der Waals surface area (Å²) >= 11 is 2.39. The van der Waals surface area contributed by atoms with Gasteiger partial charge < -0.3 is 9.29 Å². The van der Waals surface area contributed by atoms with Crippen LogP contribution in [0.15, 0.2) is 22.7 Å². The normalized spacial score (nSPS) is 21.1. The molecular formula is C13H18BrNO2S. The van der Waals surface area contributed by atoms with Gasteiger partial charge in [0.25, 0.3) is 0 Å². The Morgan fingerprint density at radius 3 is 2.83 bits per heavy atom. The first kappa shape index (κ1) is 14.2. The minimum atomic E-state index is -1.07. The van der Waals surface area contributed by atoms with E-state index in [4.69, 9.17) is 4.74 Å². The number of nitrogens with one attached hydrogen (secondary N) is 1. The molecule has 1 aromatic rings. The van der Waals surface area contributed by atoms with Gasteiger partial charge in [-0.1, -0.05) is 15.9 Å². The monoisotopic (exact) mass is 331 g/mol. The lowest BCUT2D eigenvalue weighted by atomic mass is 10.0. The summed E-state index contributed by atoms with van der Waals surface area (Å²) < 4.78 is 21.8. The Bertz CT molecular complexity index is 433. The summed E-state index contributed by atoms with van der Waals surface area (Å²) in [6, 6.07) is 6.03. The van der Waals surface area contributed by atoms with Gasteiger partial charge in [-0.05, 0) is 39.0 Å². The van der Waals surface area contributed by atoms with Crippen LogP contribution in [-0.4, -0.2) is 15.9 Å². The van der Waals surface area contributed by atoms with Gasteiger partial charge in [0, 0.05) is 27.8 Å². The van der Waals surface area contributed by atoms with E-state index in [1.54, 1.807) is 0 Å². The molecule has 0 aliphatic carbocycles. The van der Waals surface area contributed by atoms with Crippen molar-refractivity contribution in [2.45, 2.75) is 38.0 Å². The summed E-state index contributed by atoms with van der Waals surface area (Å²) in [5.74, 6) is 0.882. The zero-order chi connectivity index (χ0) is 13.3. The van der Waals surface area contributed by atoms with Gasteiger partial charge in [0.2, 0.25) is 0 Å². The third kappa shape index (κ3) is 3.20. The van der Waals surface area contributed by atoms with E-state index in [9.17, 15) is 4.55 Å². The number of hydrogen-bond donors (Lipinski definition) is 1. The second kappa shape index (κ2) is 5.41. The molecule has 1 aliphatic rings. The molecule has 2 rings (SSSR count). The van der Waals surface area contributed by atoms with Gasteiger partial charge in [-0.2, -0.15) is 0 Å². The van der Waals surface area contributed by atoms with Crippen molar-refractivity contribution in [1.82, 2.24) is 4.72 Å². The number of halogens is 1. The van der Waals surface area contributed by atoms with E-state index in [0.29, 0.717) is 6.61 Å². The Balaban J connectivity index is 2.20. The van der Waals surface area contributed by atoms with E-state index in [2.05, 4.69) is 20.7 Å². The number of hydrogen-bond acceptors (Lipinski definition) is 3. The van der Waals surface area contributed by atoms with E-state index in [1.165, 1.54) is 0 Å². The first-order valence-corrected chi connectivity index (χ1v) is 7.92. The number of rotatable bonds is 2. The van der Waals surface area contributed by atoms with E-state index < -0.39 is 11.4 Å². The first-order valence-electron chi connectivity index (χ1n) is 5.98. The van der Waals surface area contributed by atoms with Crippen LogP contribution in [0.25, 0.3) is 0 Å². The van der Waals surface area contributed by atoms with E-state index >= 15 is 0 Å². The van der Waals surface area contributed by atoms with E-state index in [0.717, 1.165) is 22.2 Å². The Labute approximate surface area is 120 Å². The summed E-state index contributed by atoms with van der Waals surface area (Å²) in [7, 11) is 0. The van der Waals surface area contributed by atoms with Crippen LogP contribution in [0.1, 0.15) is 38.8 Å². The quantitative estimate of drug-likeness (QED) is 0.845. The maximum Gasteiger partial charge on any atom is 0.136 e. The van der Waals surface area contributed by atoms with Gasteiger partial charge in [-0.25, -0.2) is 0 Å². The lowest BCUT2D eigenvalue weighted by molar-refractivity contribution is 0.262. The molecule has 0 saturated carbocycles. The summed E-state index contributed by atoms with van der Waals surface area (Å²) in [5.41, 5.74) is 1.08. The average molecular weight is 332 g/mol. The molecule has 0 bridgehead atoms. The van der Waals surface area contributed by atoms with Crippen molar-refractivity contribution >= 4 is 27.3 Å². The second-order valence-electron chi connectivity index (χ2n) is 5.37. The molecule has 0 saturated heterocycles. The van der Waals surface area contributed by atoms with Crippen molar-refractivity contribution in [1.29, 1.82) is 0 Å². The van der Waals surface area contributed by atoms with Gasteiger partial charge in [-0.15, -0.1) is 4.72 Å². The molecular weight excluding hydrogens is 314 g/mol. The maximum atomic E-state index is 12.2. The minimum Gasteiger partial charge on any atom is -0.598 e. The molecule has 1 heterocycles. The Morgan fingerprint density at radius 2 is 2.17 bits per heavy atom. The number of benzene rings is 1. The van der Waals surface area contributed by atoms with Gasteiger partial charge in [0.05, 0.1) is 12.6 Å². The highest BCUT2D eigenvalue weighted by Crippen LogP contribution is 2.35. The highest BCUT2D eigenvalue weighted by atomic mass is 79.9. The van der Waals surface area contributed by atoms with Crippen LogP contribution in [0.3, 0.4) is 0 Å². The van der Waals surface area contributed by atoms with Crippen LogP contribution >= 0.6 is 15.9 Å². The van der Waals surface area contributed by atoms with Crippen LogP contribution in [0.5, 0.6) is 5.75 Å². The molecule has 0 fully saturated rings. The Morgan fingerprint density at radius 1 is 1.44 bits per heavy atom. The molecule has 1 unspecified atom stereocenters. The number of fused-ring (bicyclic) bond motifs is 1. The summed E-state index contributed by atoms with van der Waals surface area (Å²) in [6.07, 6.45) is 0.839. The smallest absolute Gasteiger partial charge is 0.136 e. The second-order valence-corrected chi connectivity index (χ2v) is 8.28. The molecule has 0 spiro atoms.